The summed E-state index contributed by atoms with van der Waals surface area (Å²) in [6, 6.07) is 6.43. The molecule has 0 aliphatic carbocycles. The number of hydrogen-bond donors (Lipinski definition) is 2. The van der Waals surface area contributed by atoms with Crippen LogP contribution in [-0.4, -0.2) is 25.0 Å². The first kappa shape index (κ1) is 12.2. The Labute approximate surface area is 113 Å². The number of carbonyl (C=O) groups is 1. The van der Waals surface area contributed by atoms with Gasteiger partial charge in [-0.15, -0.1) is 0 Å². The van der Waals surface area contributed by atoms with E-state index in [0.29, 0.717) is 5.92 Å². The zero-order chi connectivity index (χ0) is 13.2. The van der Waals surface area contributed by atoms with Gasteiger partial charge in [0.05, 0.1) is 0 Å². The molecule has 0 saturated carbocycles. The maximum atomic E-state index is 12.1. The number of allylic oxidation sites excluding steroid dienone is 3. The summed E-state index contributed by atoms with van der Waals surface area (Å²) in [4.78, 5) is 12.1. The lowest BCUT2D eigenvalue weighted by Crippen LogP contribution is -2.44. The lowest BCUT2D eigenvalue weighted by atomic mass is 9.85. The van der Waals surface area contributed by atoms with E-state index in [-0.39, 0.29) is 11.9 Å². The molecule has 1 aromatic rings. The van der Waals surface area contributed by atoms with E-state index >= 15 is 0 Å². The van der Waals surface area contributed by atoms with Crippen LogP contribution in [-0.2, 0) is 0 Å². The fraction of sp³-hybridized carbons (Fsp3) is 0.312. The summed E-state index contributed by atoms with van der Waals surface area (Å²) in [6.07, 6.45) is 7.97. The molecular formula is C16H18N2O. The van der Waals surface area contributed by atoms with Crippen molar-refractivity contribution in [1.82, 2.24) is 10.6 Å². The van der Waals surface area contributed by atoms with Gasteiger partial charge in [0.1, 0.15) is 0 Å². The Hall–Kier alpha value is -1.87. The molecule has 2 N–H and O–H groups in total. The molecule has 0 unspecified atom stereocenters. The van der Waals surface area contributed by atoms with Gasteiger partial charge < -0.3 is 10.6 Å². The molecule has 2 atom stereocenters. The van der Waals surface area contributed by atoms with E-state index in [1.54, 1.807) is 0 Å². The first-order valence-electron chi connectivity index (χ1n) is 6.74. The van der Waals surface area contributed by atoms with Crippen LogP contribution in [0.5, 0.6) is 0 Å². The molecule has 1 amide bonds. The number of rotatable bonds is 2. The summed E-state index contributed by atoms with van der Waals surface area (Å²) in [5.41, 5.74) is 3.07. The van der Waals surface area contributed by atoms with Crippen molar-refractivity contribution in [3.8, 4) is 0 Å². The summed E-state index contributed by atoms with van der Waals surface area (Å²) >= 11 is 0. The molecule has 0 bridgehead atoms. The molecule has 0 aromatic heterocycles. The van der Waals surface area contributed by atoms with E-state index in [1.807, 2.05) is 37.3 Å². The fourth-order valence-corrected chi connectivity index (χ4v) is 2.88. The highest BCUT2D eigenvalue weighted by atomic mass is 16.1. The van der Waals surface area contributed by atoms with Crippen molar-refractivity contribution in [3.63, 3.8) is 0 Å². The van der Waals surface area contributed by atoms with Crippen LogP contribution in [0.1, 0.15) is 34.3 Å². The van der Waals surface area contributed by atoms with Crippen molar-refractivity contribution in [3.05, 3.63) is 53.1 Å². The second kappa shape index (κ2) is 5.02. The highest BCUT2D eigenvalue weighted by Crippen LogP contribution is 2.31. The van der Waals surface area contributed by atoms with Crippen LogP contribution in [0, 0.1) is 0 Å². The molecule has 1 saturated heterocycles. The number of fused-ring (bicyclic) bond motifs is 3. The molecule has 1 aromatic carbocycles. The summed E-state index contributed by atoms with van der Waals surface area (Å²) in [6.45, 7) is 3.81. The van der Waals surface area contributed by atoms with Gasteiger partial charge in [-0.25, -0.2) is 0 Å². The van der Waals surface area contributed by atoms with Crippen molar-refractivity contribution in [1.29, 1.82) is 0 Å². The molecule has 3 nitrogen and oxygen atoms in total. The van der Waals surface area contributed by atoms with Gasteiger partial charge in [0.2, 0.25) is 0 Å². The van der Waals surface area contributed by atoms with Crippen LogP contribution >= 0.6 is 0 Å². The third-order valence-electron chi connectivity index (χ3n) is 3.84. The molecule has 2 heterocycles. The second-order valence-corrected chi connectivity index (χ2v) is 5.08. The largest absolute Gasteiger partial charge is 0.347 e. The van der Waals surface area contributed by atoms with Gasteiger partial charge in [0, 0.05) is 30.6 Å². The van der Waals surface area contributed by atoms with Gasteiger partial charge >= 0.3 is 0 Å². The third-order valence-corrected chi connectivity index (χ3v) is 3.84. The summed E-state index contributed by atoms with van der Waals surface area (Å²) < 4.78 is 0. The van der Waals surface area contributed by atoms with Crippen molar-refractivity contribution < 1.29 is 4.79 Å². The highest BCUT2D eigenvalue weighted by molar-refractivity contribution is 5.98. The van der Waals surface area contributed by atoms with Crippen LogP contribution in [0.4, 0.5) is 0 Å². The maximum absolute atomic E-state index is 12.1. The summed E-state index contributed by atoms with van der Waals surface area (Å²) in [7, 11) is 0. The zero-order valence-electron chi connectivity index (χ0n) is 11.0. The Kier molecular flexibility index (Phi) is 3.22. The minimum absolute atomic E-state index is 0.0567. The molecule has 0 spiro atoms. The quantitative estimate of drug-likeness (QED) is 0.793. The Bertz CT molecular complexity index is 560. The van der Waals surface area contributed by atoms with Crippen LogP contribution in [0.2, 0.25) is 0 Å². The second-order valence-electron chi connectivity index (χ2n) is 5.08. The molecule has 0 radical (unpaired) electrons. The number of nitrogens with one attached hydrogen (secondary N) is 2. The van der Waals surface area contributed by atoms with Gasteiger partial charge in [0.15, 0.2) is 0 Å². The van der Waals surface area contributed by atoms with E-state index in [9.17, 15) is 4.79 Å². The first-order chi connectivity index (χ1) is 9.29. The van der Waals surface area contributed by atoms with Gasteiger partial charge in [0.25, 0.3) is 5.91 Å². The highest BCUT2D eigenvalue weighted by Gasteiger charge is 2.36. The van der Waals surface area contributed by atoms with Crippen molar-refractivity contribution in [2.75, 3.05) is 13.1 Å². The fourth-order valence-electron chi connectivity index (χ4n) is 2.88. The molecule has 19 heavy (non-hydrogen) atoms. The van der Waals surface area contributed by atoms with E-state index < -0.39 is 0 Å². The van der Waals surface area contributed by atoms with Gasteiger partial charge in [-0.3, -0.25) is 4.79 Å². The van der Waals surface area contributed by atoms with E-state index in [0.717, 1.165) is 24.2 Å². The average Bonchev–Trinajstić information content (AvgIpc) is 2.87. The number of carbonyl (C=O) groups excluding carboxylic acids is 1. The lowest BCUT2D eigenvalue weighted by molar-refractivity contribution is 0.0924. The first-order valence-corrected chi connectivity index (χ1v) is 6.74. The Morgan fingerprint density at radius 3 is 3.00 bits per heavy atom. The van der Waals surface area contributed by atoms with Gasteiger partial charge in [-0.1, -0.05) is 36.4 Å². The monoisotopic (exact) mass is 254 g/mol. The molecule has 2 aliphatic heterocycles. The topological polar surface area (TPSA) is 41.1 Å². The van der Waals surface area contributed by atoms with Crippen molar-refractivity contribution in [2.45, 2.75) is 18.9 Å². The molecule has 98 valence electrons. The average molecular weight is 254 g/mol. The van der Waals surface area contributed by atoms with Crippen molar-refractivity contribution >= 4 is 12.0 Å². The normalized spacial score (nSPS) is 25.6. The van der Waals surface area contributed by atoms with E-state index in [4.69, 9.17) is 0 Å². The summed E-state index contributed by atoms with van der Waals surface area (Å²) in [5, 5.41) is 6.43. The Balaban J connectivity index is 1.96. The zero-order valence-corrected chi connectivity index (χ0v) is 11.0. The Morgan fingerprint density at radius 2 is 2.16 bits per heavy atom. The van der Waals surface area contributed by atoms with Crippen LogP contribution < -0.4 is 10.6 Å². The van der Waals surface area contributed by atoms with Gasteiger partial charge in [-0.05, 0) is 24.1 Å². The maximum Gasteiger partial charge on any atom is 0.251 e. The number of amides is 1. The van der Waals surface area contributed by atoms with E-state index in [2.05, 4.69) is 22.8 Å². The molecular weight excluding hydrogens is 236 g/mol. The molecule has 2 aliphatic rings. The number of benzene rings is 1. The summed E-state index contributed by atoms with van der Waals surface area (Å²) in [5.74, 6) is 0.475. The van der Waals surface area contributed by atoms with Gasteiger partial charge in [-0.2, -0.15) is 0 Å². The van der Waals surface area contributed by atoms with Crippen LogP contribution in [0.15, 0.2) is 36.4 Å². The smallest absolute Gasteiger partial charge is 0.251 e. The van der Waals surface area contributed by atoms with Crippen LogP contribution in [0.25, 0.3) is 6.08 Å². The van der Waals surface area contributed by atoms with Crippen molar-refractivity contribution in [2.24, 2.45) is 0 Å². The third kappa shape index (κ3) is 2.22. The number of hydrogen-bond acceptors (Lipinski definition) is 2. The minimum Gasteiger partial charge on any atom is -0.347 e. The molecule has 3 heteroatoms. The van der Waals surface area contributed by atoms with Crippen LogP contribution in [0.3, 0.4) is 0 Å². The minimum atomic E-state index is 0.0567. The molecule has 1 fully saturated rings. The Morgan fingerprint density at radius 1 is 1.26 bits per heavy atom. The predicted molar refractivity (Wildman–Crippen MR) is 77.2 cm³/mol. The van der Waals surface area contributed by atoms with E-state index in [1.165, 1.54) is 5.56 Å². The molecule has 3 rings (SSSR count). The standard InChI is InChI=1S/C16H18N2O/c1-2-3-4-5-11-6-7-12-13(8-11)16(19)18-15-10-17-9-14(12)15/h2-8,14-15,17H,9-10H2,1H3,(H,18,19)/b3-2+,5-4+/t14-,15+/m1/s1. The SMILES string of the molecule is C/C=C/C=C/c1ccc2c(c1)C(=O)N[C@H]1CNC[C@H]21. The lowest BCUT2D eigenvalue weighted by Gasteiger charge is -2.28. The predicted octanol–water partition coefficient (Wildman–Crippen LogP) is 2.07.